The number of ether oxygens (including phenoxy) is 1. The Morgan fingerprint density at radius 1 is 1.18 bits per heavy atom. The quantitative estimate of drug-likeness (QED) is 0.866. The summed E-state index contributed by atoms with van der Waals surface area (Å²) < 4.78 is 27.4. The van der Waals surface area contributed by atoms with E-state index in [0.717, 1.165) is 5.56 Å². The molecule has 0 fully saturated rings. The molecule has 0 bridgehead atoms. The molecule has 0 atom stereocenters. The van der Waals surface area contributed by atoms with Crippen LogP contribution in [0.4, 0.5) is 0 Å². The lowest BCUT2D eigenvalue weighted by atomic mass is 10.2. The number of nitrogens with two attached hydrogens (primary N) is 1. The molecule has 0 aromatic heterocycles. The molecule has 0 spiro atoms. The third-order valence-electron chi connectivity index (χ3n) is 3.03. The third kappa shape index (κ3) is 4.06. The second-order valence-corrected chi connectivity index (χ2v) is 6.17. The van der Waals surface area contributed by atoms with Gasteiger partial charge in [-0.1, -0.05) is 12.1 Å². The summed E-state index contributed by atoms with van der Waals surface area (Å²) >= 11 is 0. The Morgan fingerprint density at radius 2 is 1.86 bits per heavy atom. The summed E-state index contributed by atoms with van der Waals surface area (Å²) in [6, 6.07) is 12.8. The van der Waals surface area contributed by atoms with Gasteiger partial charge in [0.1, 0.15) is 5.75 Å². The van der Waals surface area contributed by atoms with Gasteiger partial charge >= 0.3 is 0 Å². The summed E-state index contributed by atoms with van der Waals surface area (Å²) in [7, 11) is -2.18. The predicted octanol–water partition coefficient (Wildman–Crippen LogP) is 1.27. The summed E-state index contributed by atoms with van der Waals surface area (Å²) in [5.74, 6) is 0.410. The van der Waals surface area contributed by atoms with Crippen molar-refractivity contribution in [1.82, 2.24) is 5.32 Å². The maximum absolute atomic E-state index is 12.0. The molecule has 22 heavy (non-hydrogen) atoms. The standard InChI is InChI=1S/C15H16N2O4S/c1-21-13-4-2-3-11(9-13)10-17-15(18)12-5-7-14(8-6-12)22(16,19)20/h2-9H,10H2,1H3,(H,17,18)(H2,16,19,20). The summed E-state index contributed by atoms with van der Waals surface area (Å²) in [6.07, 6.45) is 0. The fourth-order valence-electron chi connectivity index (χ4n) is 1.86. The van der Waals surface area contributed by atoms with Crippen LogP contribution < -0.4 is 15.2 Å². The van der Waals surface area contributed by atoms with Gasteiger partial charge in [0.05, 0.1) is 12.0 Å². The van der Waals surface area contributed by atoms with E-state index < -0.39 is 10.0 Å². The first kappa shape index (κ1) is 16.0. The van der Waals surface area contributed by atoms with Crippen molar-refractivity contribution in [2.45, 2.75) is 11.4 Å². The molecule has 116 valence electrons. The number of rotatable bonds is 5. The Labute approximate surface area is 129 Å². The molecule has 0 aliphatic heterocycles. The highest BCUT2D eigenvalue weighted by Crippen LogP contribution is 2.13. The molecule has 3 N–H and O–H groups in total. The Bertz CT molecular complexity index is 770. The maximum atomic E-state index is 12.0. The first-order valence-electron chi connectivity index (χ1n) is 6.44. The van der Waals surface area contributed by atoms with Crippen LogP contribution >= 0.6 is 0 Å². The van der Waals surface area contributed by atoms with Crippen LogP contribution in [0.3, 0.4) is 0 Å². The number of hydrogen-bond acceptors (Lipinski definition) is 4. The summed E-state index contributed by atoms with van der Waals surface area (Å²) in [4.78, 5) is 12.0. The van der Waals surface area contributed by atoms with Gasteiger partial charge in [-0.25, -0.2) is 13.6 Å². The van der Waals surface area contributed by atoms with E-state index in [2.05, 4.69) is 5.32 Å². The monoisotopic (exact) mass is 320 g/mol. The minimum absolute atomic E-state index is 0.0307. The van der Waals surface area contributed by atoms with Crippen molar-refractivity contribution >= 4 is 15.9 Å². The fraction of sp³-hybridized carbons (Fsp3) is 0.133. The van der Waals surface area contributed by atoms with Gasteiger partial charge in [0.25, 0.3) is 5.91 Å². The van der Waals surface area contributed by atoms with Gasteiger partial charge in [-0.2, -0.15) is 0 Å². The SMILES string of the molecule is COc1cccc(CNC(=O)c2ccc(S(N)(=O)=O)cc2)c1. The second-order valence-electron chi connectivity index (χ2n) is 4.60. The van der Waals surface area contributed by atoms with Crippen molar-refractivity contribution in [1.29, 1.82) is 0 Å². The van der Waals surface area contributed by atoms with Crippen molar-refractivity contribution in [3.63, 3.8) is 0 Å². The maximum Gasteiger partial charge on any atom is 0.251 e. The molecule has 0 unspecified atom stereocenters. The zero-order valence-corrected chi connectivity index (χ0v) is 12.8. The molecule has 2 rings (SSSR count). The molecule has 0 radical (unpaired) electrons. The number of methoxy groups -OCH3 is 1. The number of benzene rings is 2. The molecule has 0 saturated carbocycles. The highest BCUT2D eigenvalue weighted by Gasteiger charge is 2.10. The van der Waals surface area contributed by atoms with Crippen LogP contribution in [0.1, 0.15) is 15.9 Å². The lowest BCUT2D eigenvalue weighted by Crippen LogP contribution is -2.23. The van der Waals surface area contributed by atoms with Crippen molar-refractivity contribution in [3.05, 3.63) is 59.7 Å². The Balaban J connectivity index is 2.03. The van der Waals surface area contributed by atoms with E-state index in [1.165, 1.54) is 24.3 Å². The molecule has 6 nitrogen and oxygen atoms in total. The minimum atomic E-state index is -3.75. The largest absolute Gasteiger partial charge is 0.497 e. The number of nitrogens with one attached hydrogen (secondary N) is 1. The van der Waals surface area contributed by atoms with Gasteiger partial charge in [-0.3, -0.25) is 4.79 Å². The summed E-state index contributed by atoms with van der Waals surface area (Å²) in [6.45, 7) is 0.340. The van der Waals surface area contributed by atoms with Gasteiger partial charge in [0.15, 0.2) is 0 Å². The first-order chi connectivity index (χ1) is 10.4. The Kier molecular flexibility index (Phi) is 4.79. The van der Waals surface area contributed by atoms with Crippen LogP contribution in [0.15, 0.2) is 53.4 Å². The number of sulfonamides is 1. The molecule has 7 heteroatoms. The number of carbonyl (C=O) groups is 1. The number of carbonyl (C=O) groups excluding carboxylic acids is 1. The molecule has 0 aliphatic rings. The lowest BCUT2D eigenvalue weighted by Gasteiger charge is -2.07. The van der Waals surface area contributed by atoms with Crippen LogP contribution in [0, 0.1) is 0 Å². The van der Waals surface area contributed by atoms with Gasteiger partial charge < -0.3 is 10.1 Å². The van der Waals surface area contributed by atoms with E-state index in [1.807, 2.05) is 24.3 Å². The third-order valence-corrected chi connectivity index (χ3v) is 3.96. The highest BCUT2D eigenvalue weighted by atomic mass is 32.2. The highest BCUT2D eigenvalue weighted by molar-refractivity contribution is 7.89. The van der Waals surface area contributed by atoms with E-state index in [9.17, 15) is 13.2 Å². The zero-order valence-electron chi connectivity index (χ0n) is 11.9. The predicted molar refractivity (Wildman–Crippen MR) is 82.0 cm³/mol. The van der Waals surface area contributed by atoms with Crippen LogP contribution in [0.25, 0.3) is 0 Å². The summed E-state index contributed by atoms with van der Waals surface area (Å²) in [5.41, 5.74) is 1.25. The minimum Gasteiger partial charge on any atom is -0.497 e. The molecule has 0 saturated heterocycles. The van der Waals surface area contributed by atoms with Crippen LogP contribution in [-0.2, 0) is 16.6 Å². The van der Waals surface area contributed by atoms with Gasteiger partial charge in [-0.15, -0.1) is 0 Å². The Hall–Kier alpha value is -2.38. The van der Waals surface area contributed by atoms with Gasteiger partial charge in [-0.05, 0) is 42.0 Å². The molecule has 2 aromatic rings. The number of primary sulfonamides is 1. The zero-order chi connectivity index (χ0) is 16.2. The average Bonchev–Trinajstić information content (AvgIpc) is 2.52. The second kappa shape index (κ2) is 6.59. The number of amides is 1. The summed E-state index contributed by atoms with van der Waals surface area (Å²) in [5, 5.41) is 7.75. The normalized spacial score (nSPS) is 11.0. The van der Waals surface area contributed by atoms with Crippen molar-refractivity contribution in [3.8, 4) is 5.75 Å². The average molecular weight is 320 g/mol. The van der Waals surface area contributed by atoms with E-state index in [4.69, 9.17) is 9.88 Å². The first-order valence-corrected chi connectivity index (χ1v) is 7.99. The topological polar surface area (TPSA) is 98.5 Å². The Morgan fingerprint density at radius 3 is 2.45 bits per heavy atom. The molecule has 2 aromatic carbocycles. The molecular formula is C15H16N2O4S. The molecule has 1 amide bonds. The lowest BCUT2D eigenvalue weighted by molar-refractivity contribution is 0.0950. The van der Waals surface area contributed by atoms with Crippen molar-refractivity contribution < 1.29 is 17.9 Å². The molecule has 0 aliphatic carbocycles. The smallest absolute Gasteiger partial charge is 0.251 e. The van der Waals surface area contributed by atoms with E-state index >= 15 is 0 Å². The van der Waals surface area contributed by atoms with E-state index in [0.29, 0.717) is 17.9 Å². The van der Waals surface area contributed by atoms with Gasteiger partial charge in [0.2, 0.25) is 10.0 Å². The fourth-order valence-corrected chi connectivity index (χ4v) is 2.38. The van der Waals surface area contributed by atoms with E-state index in [1.54, 1.807) is 7.11 Å². The van der Waals surface area contributed by atoms with Gasteiger partial charge in [0, 0.05) is 12.1 Å². The van der Waals surface area contributed by atoms with E-state index in [-0.39, 0.29) is 10.8 Å². The van der Waals surface area contributed by atoms with Crippen LogP contribution in [-0.4, -0.2) is 21.4 Å². The van der Waals surface area contributed by atoms with Crippen molar-refractivity contribution in [2.24, 2.45) is 5.14 Å². The molecule has 0 heterocycles. The molecular weight excluding hydrogens is 304 g/mol. The van der Waals surface area contributed by atoms with Crippen molar-refractivity contribution in [2.75, 3.05) is 7.11 Å². The van der Waals surface area contributed by atoms with Crippen LogP contribution in [0.5, 0.6) is 5.75 Å². The number of hydrogen-bond donors (Lipinski definition) is 2. The van der Waals surface area contributed by atoms with Crippen LogP contribution in [0.2, 0.25) is 0 Å².